The number of thiazole rings is 1. The van der Waals surface area contributed by atoms with Crippen molar-refractivity contribution < 1.29 is 9.18 Å². The molecule has 1 amide bonds. The van der Waals surface area contributed by atoms with E-state index in [1.54, 1.807) is 30.3 Å². The number of benzene rings is 2. The molecule has 0 saturated carbocycles. The monoisotopic (exact) mass is 382 g/mol. The molecular weight excluding hydrogens is 359 g/mol. The van der Waals surface area contributed by atoms with Crippen molar-refractivity contribution in [2.45, 2.75) is 32.2 Å². The van der Waals surface area contributed by atoms with Gasteiger partial charge in [-0.15, -0.1) is 11.3 Å². The molecule has 0 spiro atoms. The van der Waals surface area contributed by atoms with Gasteiger partial charge in [0.1, 0.15) is 10.7 Å². The molecule has 3 aromatic rings. The highest BCUT2D eigenvalue weighted by Gasteiger charge is 2.27. The van der Waals surface area contributed by atoms with E-state index in [0.29, 0.717) is 4.88 Å². The van der Waals surface area contributed by atoms with Crippen molar-refractivity contribution >= 4 is 17.2 Å². The molecule has 0 aliphatic carbocycles. The molecule has 27 heavy (non-hydrogen) atoms. The highest BCUT2D eigenvalue weighted by Crippen LogP contribution is 2.32. The van der Waals surface area contributed by atoms with E-state index in [2.05, 4.69) is 25.8 Å². The van der Waals surface area contributed by atoms with Crippen LogP contribution in [0.1, 0.15) is 52.6 Å². The quantitative estimate of drug-likeness (QED) is 0.602. The van der Waals surface area contributed by atoms with Crippen LogP contribution >= 0.6 is 11.3 Å². The molecule has 0 N–H and O–H groups in total. The molecule has 2 aromatic carbocycles. The number of hydrogen-bond donors (Lipinski definition) is 0. The second-order valence-corrected chi connectivity index (χ2v) is 8.59. The largest absolute Gasteiger partial charge is 0.330 e. The van der Waals surface area contributed by atoms with Crippen LogP contribution in [0.25, 0.3) is 0 Å². The summed E-state index contributed by atoms with van der Waals surface area (Å²) >= 11 is 1.42. The summed E-state index contributed by atoms with van der Waals surface area (Å²) in [6.07, 6.45) is 1.65. The molecule has 3 nitrogen and oxygen atoms in total. The first kappa shape index (κ1) is 19.2. The SMILES string of the molecule is CN(C(=O)c1cnc(C(C)(C)C)s1)C(c1ccccc1)c1ccc(F)cc1. The van der Waals surface area contributed by atoms with Crippen molar-refractivity contribution in [3.8, 4) is 0 Å². The number of aromatic nitrogens is 1. The molecular formula is C22H23FN2OS. The molecule has 0 fully saturated rings. The van der Waals surface area contributed by atoms with Crippen LogP contribution in [0.15, 0.2) is 60.8 Å². The molecule has 0 radical (unpaired) electrons. The zero-order valence-corrected chi connectivity index (χ0v) is 16.8. The number of nitrogens with zero attached hydrogens (tertiary/aromatic N) is 2. The first-order valence-corrected chi connectivity index (χ1v) is 9.63. The normalized spacial score (nSPS) is 12.6. The van der Waals surface area contributed by atoms with Crippen molar-refractivity contribution in [2.24, 2.45) is 0 Å². The van der Waals surface area contributed by atoms with Crippen LogP contribution in [0.3, 0.4) is 0 Å². The minimum Gasteiger partial charge on any atom is -0.330 e. The summed E-state index contributed by atoms with van der Waals surface area (Å²) in [7, 11) is 1.78. The summed E-state index contributed by atoms with van der Waals surface area (Å²) in [6, 6.07) is 15.8. The smallest absolute Gasteiger partial charge is 0.266 e. The van der Waals surface area contributed by atoms with Gasteiger partial charge in [0.2, 0.25) is 0 Å². The molecule has 0 aliphatic rings. The Hall–Kier alpha value is -2.53. The zero-order valence-electron chi connectivity index (χ0n) is 15.9. The standard InChI is InChI=1S/C22H23FN2OS/c1-22(2,3)21-24-14-18(27-21)20(26)25(4)19(15-8-6-5-7-9-15)16-10-12-17(23)13-11-16/h5-14,19H,1-4H3. The Labute approximate surface area is 163 Å². The zero-order chi connectivity index (χ0) is 19.6. The number of amides is 1. The van der Waals surface area contributed by atoms with E-state index in [0.717, 1.165) is 16.1 Å². The third-order valence-corrected chi connectivity index (χ3v) is 5.78. The molecule has 5 heteroatoms. The molecule has 1 heterocycles. The summed E-state index contributed by atoms with van der Waals surface area (Å²) in [5.74, 6) is -0.391. The van der Waals surface area contributed by atoms with Crippen molar-refractivity contribution in [2.75, 3.05) is 7.05 Å². The van der Waals surface area contributed by atoms with Gasteiger partial charge in [-0.25, -0.2) is 9.37 Å². The second kappa shape index (κ2) is 7.61. The third kappa shape index (κ3) is 4.25. The summed E-state index contributed by atoms with van der Waals surface area (Å²) in [4.78, 5) is 19.9. The van der Waals surface area contributed by atoms with Gasteiger partial charge in [0.05, 0.1) is 17.2 Å². The third-order valence-electron chi connectivity index (χ3n) is 4.37. The van der Waals surface area contributed by atoms with Crippen LogP contribution in [-0.4, -0.2) is 22.8 Å². The maximum Gasteiger partial charge on any atom is 0.266 e. The summed E-state index contributed by atoms with van der Waals surface area (Å²) < 4.78 is 13.4. The molecule has 1 unspecified atom stereocenters. The minimum absolute atomic E-state index is 0.0961. The average Bonchev–Trinajstić information content (AvgIpc) is 3.14. The second-order valence-electron chi connectivity index (χ2n) is 7.56. The van der Waals surface area contributed by atoms with Gasteiger partial charge < -0.3 is 4.90 Å². The van der Waals surface area contributed by atoms with Gasteiger partial charge >= 0.3 is 0 Å². The fourth-order valence-corrected chi connectivity index (χ4v) is 3.89. The highest BCUT2D eigenvalue weighted by molar-refractivity contribution is 7.13. The van der Waals surface area contributed by atoms with Crippen molar-refractivity contribution in [1.82, 2.24) is 9.88 Å². The first-order valence-electron chi connectivity index (χ1n) is 8.81. The van der Waals surface area contributed by atoms with Crippen molar-refractivity contribution in [3.05, 3.63) is 87.6 Å². The molecule has 0 saturated heterocycles. The summed E-state index contributed by atoms with van der Waals surface area (Å²) in [5, 5.41) is 0.928. The molecule has 1 atom stereocenters. The fourth-order valence-electron chi connectivity index (χ4n) is 2.93. The highest BCUT2D eigenvalue weighted by atomic mass is 32.1. The van der Waals surface area contributed by atoms with Crippen LogP contribution in [0.5, 0.6) is 0 Å². The average molecular weight is 383 g/mol. The predicted octanol–water partition coefficient (Wildman–Crippen LogP) is 5.44. The Morgan fingerprint density at radius 1 is 1.04 bits per heavy atom. The summed E-state index contributed by atoms with van der Waals surface area (Å²) in [6.45, 7) is 6.24. The maximum absolute atomic E-state index is 13.4. The molecule has 140 valence electrons. The van der Waals surface area contributed by atoms with Gasteiger partial charge in [-0.2, -0.15) is 0 Å². The number of rotatable bonds is 4. The lowest BCUT2D eigenvalue weighted by Gasteiger charge is -2.29. The van der Waals surface area contributed by atoms with E-state index >= 15 is 0 Å². The topological polar surface area (TPSA) is 33.2 Å². The maximum atomic E-state index is 13.4. The van der Waals surface area contributed by atoms with Gasteiger partial charge in [-0.05, 0) is 23.3 Å². The predicted molar refractivity (Wildman–Crippen MR) is 108 cm³/mol. The van der Waals surface area contributed by atoms with Crippen molar-refractivity contribution in [1.29, 1.82) is 0 Å². The lowest BCUT2D eigenvalue weighted by atomic mass is 9.97. The molecule has 0 bridgehead atoms. The van der Waals surface area contributed by atoms with E-state index in [1.807, 2.05) is 30.3 Å². The Balaban J connectivity index is 1.97. The Morgan fingerprint density at radius 2 is 1.63 bits per heavy atom. The number of halogens is 1. The Kier molecular flexibility index (Phi) is 5.42. The lowest BCUT2D eigenvalue weighted by Crippen LogP contribution is -2.31. The lowest BCUT2D eigenvalue weighted by molar-refractivity contribution is 0.0759. The van der Waals surface area contributed by atoms with Gasteiger partial charge in [0.15, 0.2) is 0 Å². The van der Waals surface area contributed by atoms with E-state index in [-0.39, 0.29) is 23.2 Å². The van der Waals surface area contributed by atoms with Crippen LogP contribution < -0.4 is 0 Å². The van der Waals surface area contributed by atoms with Crippen LogP contribution in [0.2, 0.25) is 0 Å². The van der Waals surface area contributed by atoms with Crippen molar-refractivity contribution in [3.63, 3.8) is 0 Å². The van der Waals surface area contributed by atoms with E-state index in [1.165, 1.54) is 23.5 Å². The van der Waals surface area contributed by atoms with Gasteiger partial charge in [0.25, 0.3) is 5.91 Å². The van der Waals surface area contributed by atoms with Crippen LogP contribution in [0.4, 0.5) is 4.39 Å². The number of hydrogen-bond acceptors (Lipinski definition) is 3. The van der Waals surface area contributed by atoms with Gasteiger partial charge in [0, 0.05) is 12.5 Å². The summed E-state index contributed by atoms with van der Waals surface area (Å²) in [5.41, 5.74) is 1.73. The first-order chi connectivity index (χ1) is 12.8. The van der Waals surface area contributed by atoms with Gasteiger partial charge in [-0.3, -0.25) is 4.79 Å². The minimum atomic E-state index is -0.306. The van der Waals surface area contributed by atoms with Gasteiger partial charge in [-0.1, -0.05) is 63.2 Å². The van der Waals surface area contributed by atoms with E-state index in [9.17, 15) is 9.18 Å². The van der Waals surface area contributed by atoms with Crippen LogP contribution in [-0.2, 0) is 5.41 Å². The Bertz CT molecular complexity index is 913. The fraction of sp³-hybridized carbons (Fsp3) is 0.273. The van der Waals surface area contributed by atoms with E-state index < -0.39 is 0 Å². The van der Waals surface area contributed by atoms with E-state index in [4.69, 9.17) is 0 Å². The number of carbonyl (C=O) groups excluding carboxylic acids is 1. The number of carbonyl (C=O) groups is 1. The molecule has 0 aliphatic heterocycles. The molecule has 3 rings (SSSR count). The molecule has 1 aromatic heterocycles. The Morgan fingerprint density at radius 3 is 2.19 bits per heavy atom. The van der Waals surface area contributed by atoms with Crippen LogP contribution in [0, 0.1) is 5.82 Å².